The van der Waals surface area contributed by atoms with E-state index >= 15 is 0 Å². The van der Waals surface area contributed by atoms with Crippen LogP contribution in [0.15, 0.2) is 0 Å². The van der Waals surface area contributed by atoms with Crippen molar-refractivity contribution < 1.29 is 14.3 Å². The van der Waals surface area contributed by atoms with Crippen molar-refractivity contribution in [2.75, 3.05) is 6.61 Å². The van der Waals surface area contributed by atoms with Gasteiger partial charge in [0.2, 0.25) is 0 Å². The molecule has 0 N–H and O–H groups in total. The van der Waals surface area contributed by atoms with E-state index in [0.29, 0.717) is 13.0 Å². The Kier molecular flexibility index (Phi) is 29.6. The summed E-state index contributed by atoms with van der Waals surface area (Å²) in [6.45, 7) is 5.13. The molecule has 0 saturated heterocycles. The Morgan fingerprint density at radius 2 is 0.889 bits per heavy atom. The molecule has 0 fully saturated rings. The first-order chi connectivity index (χ1) is 17.8. The normalized spacial score (nSPS) is 12.1. The van der Waals surface area contributed by atoms with Crippen LogP contribution in [-0.2, 0) is 14.3 Å². The van der Waals surface area contributed by atoms with Gasteiger partial charge in [-0.3, -0.25) is 4.79 Å². The first-order valence-corrected chi connectivity index (χ1v) is 16.4. The SMILES string of the molecule is CCCCCCCCCCCCC(CCCCCCCCCC)C(=O)OCCCCCCCCC=O. The number of carbonyl (C=O) groups is 2. The van der Waals surface area contributed by atoms with E-state index in [0.717, 1.165) is 44.8 Å². The van der Waals surface area contributed by atoms with Crippen LogP contribution in [-0.4, -0.2) is 18.9 Å². The fourth-order valence-electron chi connectivity index (χ4n) is 5.11. The minimum Gasteiger partial charge on any atom is -0.465 e. The second-order valence-electron chi connectivity index (χ2n) is 11.2. The van der Waals surface area contributed by atoms with Crippen LogP contribution < -0.4 is 0 Å². The van der Waals surface area contributed by atoms with Crippen molar-refractivity contribution in [3.63, 3.8) is 0 Å². The number of hydrogen-bond donors (Lipinski definition) is 0. The highest BCUT2D eigenvalue weighted by molar-refractivity contribution is 5.72. The van der Waals surface area contributed by atoms with E-state index in [2.05, 4.69) is 13.8 Å². The Hall–Kier alpha value is -0.860. The predicted molar refractivity (Wildman–Crippen MR) is 157 cm³/mol. The smallest absolute Gasteiger partial charge is 0.308 e. The van der Waals surface area contributed by atoms with Crippen LogP contribution in [0.25, 0.3) is 0 Å². The summed E-state index contributed by atoms with van der Waals surface area (Å²) in [5, 5.41) is 0. The van der Waals surface area contributed by atoms with Gasteiger partial charge in [0.1, 0.15) is 6.29 Å². The molecule has 1 atom stereocenters. The molecular weight excluding hydrogens is 444 g/mol. The fourth-order valence-corrected chi connectivity index (χ4v) is 5.11. The fraction of sp³-hybridized carbons (Fsp3) is 0.939. The molecule has 0 saturated carbocycles. The average molecular weight is 509 g/mol. The van der Waals surface area contributed by atoms with E-state index in [1.54, 1.807) is 0 Å². The Morgan fingerprint density at radius 1 is 0.528 bits per heavy atom. The number of esters is 1. The lowest BCUT2D eigenvalue weighted by molar-refractivity contribution is -0.149. The third-order valence-electron chi connectivity index (χ3n) is 7.61. The van der Waals surface area contributed by atoms with Crippen molar-refractivity contribution >= 4 is 12.3 Å². The summed E-state index contributed by atoms with van der Waals surface area (Å²) < 4.78 is 5.73. The Morgan fingerprint density at radius 3 is 1.31 bits per heavy atom. The number of rotatable bonds is 30. The third kappa shape index (κ3) is 26.2. The Bertz CT molecular complexity index is 448. The van der Waals surface area contributed by atoms with Gasteiger partial charge in [0.05, 0.1) is 12.5 Å². The highest BCUT2D eigenvalue weighted by atomic mass is 16.5. The molecule has 0 aliphatic heterocycles. The number of aldehydes is 1. The molecule has 3 nitrogen and oxygen atoms in total. The van der Waals surface area contributed by atoms with Crippen LogP contribution in [0.4, 0.5) is 0 Å². The third-order valence-corrected chi connectivity index (χ3v) is 7.61. The monoisotopic (exact) mass is 508 g/mol. The lowest BCUT2D eigenvalue weighted by atomic mass is 9.94. The van der Waals surface area contributed by atoms with E-state index in [1.807, 2.05) is 0 Å². The van der Waals surface area contributed by atoms with Crippen molar-refractivity contribution in [1.82, 2.24) is 0 Å². The van der Waals surface area contributed by atoms with Gasteiger partial charge in [-0.15, -0.1) is 0 Å². The molecular formula is C33H64O3. The molecule has 0 aliphatic rings. The van der Waals surface area contributed by atoms with Crippen LogP contribution in [0.3, 0.4) is 0 Å². The Balaban J connectivity index is 4.05. The highest BCUT2D eigenvalue weighted by Gasteiger charge is 2.19. The molecule has 0 spiro atoms. The van der Waals surface area contributed by atoms with Crippen molar-refractivity contribution in [2.24, 2.45) is 5.92 Å². The van der Waals surface area contributed by atoms with Gasteiger partial charge >= 0.3 is 5.97 Å². The largest absolute Gasteiger partial charge is 0.465 e. The molecule has 0 aromatic heterocycles. The van der Waals surface area contributed by atoms with Gasteiger partial charge in [-0.1, -0.05) is 155 Å². The van der Waals surface area contributed by atoms with Crippen molar-refractivity contribution in [3.8, 4) is 0 Å². The second-order valence-corrected chi connectivity index (χ2v) is 11.2. The van der Waals surface area contributed by atoms with Gasteiger partial charge in [0.25, 0.3) is 0 Å². The summed E-state index contributed by atoms with van der Waals surface area (Å²) in [7, 11) is 0. The van der Waals surface area contributed by atoms with E-state index in [9.17, 15) is 9.59 Å². The molecule has 0 heterocycles. The van der Waals surface area contributed by atoms with Crippen LogP contribution in [0.2, 0.25) is 0 Å². The maximum Gasteiger partial charge on any atom is 0.308 e. The summed E-state index contributed by atoms with van der Waals surface area (Å²) in [5.41, 5.74) is 0. The number of unbranched alkanes of at least 4 members (excludes halogenated alkanes) is 22. The summed E-state index contributed by atoms with van der Waals surface area (Å²) in [6.07, 6.45) is 34.3. The van der Waals surface area contributed by atoms with Gasteiger partial charge in [0.15, 0.2) is 0 Å². The molecule has 0 aromatic carbocycles. The molecule has 0 amide bonds. The summed E-state index contributed by atoms with van der Waals surface area (Å²) in [5.74, 6) is 0.183. The summed E-state index contributed by atoms with van der Waals surface area (Å²) in [4.78, 5) is 23.2. The van der Waals surface area contributed by atoms with Crippen LogP contribution in [0, 0.1) is 5.92 Å². The molecule has 0 rings (SSSR count). The lowest BCUT2D eigenvalue weighted by Gasteiger charge is -2.16. The first kappa shape index (κ1) is 35.1. The van der Waals surface area contributed by atoms with Crippen molar-refractivity contribution in [1.29, 1.82) is 0 Å². The zero-order chi connectivity index (χ0) is 26.4. The van der Waals surface area contributed by atoms with Crippen molar-refractivity contribution in [3.05, 3.63) is 0 Å². The molecule has 0 bridgehead atoms. The summed E-state index contributed by atoms with van der Waals surface area (Å²) in [6, 6.07) is 0. The molecule has 214 valence electrons. The van der Waals surface area contributed by atoms with E-state index in [-0.39, 0.29) is 11.9 Å². The van der Waals surface area contributed by atoms with Gasteiger partial charge < -0.3 is 9.53 Å². The van der Waals surface area contributed by atoms with Gasteiger partial charge in [-0.25, -0.2) is 0 Å². The van der Waals surface area contributed by atoms with Crippen LogP contribution in [0.5, 0.6) is 0 Å². The average Bonchev–Trinajstić information content (AvgIpc) is 2.88. The van der Waals surface area contributed by atoms with Crippen LogP contribution in [0.1, 0.15) is 187 Å². The second kappa shape index (κ2) is 30.4. The predicted octanol–water partition coefficient (Wildman–Crippen LogP) is 10.9. The lowest BCUT2D eigenvalue weighted by Crippen LogP contribution is -2.18. The zero-order valence-corrected chi connectivity index (χ0v) is 24.7. The van der Waals surface area contributed by atoms with E-state index in [1.165, 1.54) is 128 Å². The molecule has 0 aromatic rings. The van der Waals surface area contributed by atoms with Gasteiger partial charge in [0, 0.05) is 6.42 Å². The Labute approximate surface area is 226 Å². The van der Waals surface area contributed by atoms with Gasteiger partial charge in [-0.2, -0.15) is 0 Å². The van der Waals surface area contributed by atoms with E-state index < -0.39 is 0 Å². The standard InChI is InChI=1S/C33H64O3/c1-3-5-7-9-11-13-14-17-21-25-29-32(28-24-20-16-12-10-8-6-4-2)33(35)36-31-27-23-19-15-18-22-26-30-34/h30,32H,3-29,31H2,1-2H3. The molecule has 36 heavy (non-hydrogen) atoms. The molecule has 1 unspecified atom stereocenters. The quantitative estimate of drug-likeness (QED) is 0.0550. The molecule has 0 aliphatic carbocycles. The molecule has 0 radical (unpaired) electrons. The minimum absolute atomic E-state index is 0.0693. The minimum atomic E-state index is 0.0693. The van der Waals surface area contributed by atoms with Crippen molar-refractivity contribution in [2.45, 2.75) is 187 Å². The zero-order valence-electron chi connectivity index (χ0n) is 24.7. The van der Waals surface area contributed by atoms with Crippen LogP contribution >= 0.6 is 0 Å². The number of hydrogen-bond acceptors (Lipinski definition) is 3. The highest BCUT2D eigenvalue weighted by Crippen LogP contribution is 2.21. The summed E-state index contributed by atoms with van der Waals surface area (Å²) >= 11 is 0. The van der Waals surface area contributed by atoms with Gasteiger partial charge in [-0.05, 0) is 25.7 Å². The maximum absolute atomic E-state index is 12.8. The molecule has 3 heteroatoms. The maximum atomic E-state index is 12.8. The van der Waals surface area contributed by atoms with E-state index in [4.69, 9.17) is 4.74 Å². The topological polar surface area (TPSA) is 43.4 Å². The first-order valence-electron chi connectivity index (χ1n) is 16.4. The number of ether oxygens (including phenoxy) is 1. The number of carbonyl (C=O) groups excluding carboxylic acids is 2.